The molecule has 2 aromatic heterocycles. The van der Waals surface area contributed by atoms with Crippen LogP contribution in [0, 0.1) is 0 Å². The van der Waals surface area contributed by atoms with Gasteiger partial charge in [0.05, 0.1) is 5.39 Å². The zero-order valence-corrected chi connectivity index (χ0v) is 18.2. The van der Waals surface area contributed by atoms with E-state index in [-0.39, 0.29) is 17.9 Å². The molecule has 0 unspecified atom stereocenters. The maximum Gasteiger partial charge on any atom is 0.272 e. The summed E-state index contributed by atoms with van der Waals surface area (Å²) < 4.78 is 5.21. The van der Waals surface area contributed by atoms with Crippen LogP contribution in [0.2, 0.25) is 10.0 Å². The summed E-state index contributed by atoms with van der Waals surface area (Å²) in [6, 6.07) is 12.1. The summed E-state index contributed by atoms with van der Waals surface area (Å²) >= 11 is 12.0. The number of hydrogen-bond acceptors (Lipinski definition) is 7. The molecule has 1 amide bonds. The van der Waals surface area contributed by atoms with Crippen LogP contribution >= 0.6 is 23.2 Å². The van der Waals surface area contributed by atoms with Crippen molar-refractivity contribution in [2.75, 3.05) is 18.4 Å². The van der Waals surface area contributed by atoms with Gasteiger partial charge in [-0.1, -0.05) is 46.6 Å². The van der Waals surface area contributed by atoms with Crippen molar-refractivity contribution in [3.8, 4) is 11.4 Å². The molecule has 4 aromatic rings. The van der Waals surface area contributed by atoms with Crippen LogP contribution in [0.5, 0.6) is 0 Å². The lowest BCUT2D eigenvalue weighted by atomic mass is 10.2. The molecular formula is C21H18Cl2N6O3. The molecule has 32 heavy (non-hydrogen) atoms. The van der Waals surface area contributed by atoms with Gasteiger partial charge in [0, 0.05) is 46.9 Å². The Kier molecular flexibility index (Phi) is 6.67. The number of hydrogen-bond donors (Lipinski definition) is 3. The van der Waals surface area contributed by atoms with Gasteiger partial charge >= 0.3 is 0 Å². The highest BCUT2D eigenvalue weighted by molar-refractivity contribution is 6.35. The van der Waals surface area contributed by atoms with E-state index in [0.717, 1.165) is 5.39 Å². The van der Waals surface area contributed by atoms with Crippen LogP contribution in [-0.4, -0.2) is 39.3 Å². The van der Waals surface area contributed by atoms with E-state index in [2.05, 4.69) is 31.0 Å². The van der Waals surface area contributed by atoms with Gasteiger partial charge in [-0.05, 0) is 24.3 Å². The fraction of sp³-hybridized carbons (Fsp3) is 0.190. The van der Waals surface area contributed by atoms with E-state index in [4.69, 9.17) is 27.7 Å². The Labute approximate surface area is 192 Å². The quantitative estimate of drug-likeness (QED) is 0.335. The Bertz CT molecular complexity index is 1300. The summed E-state index contributed by atoms with van der Waals surface area (Å²) in [5.41, 5.74) is 0.388. The third-order valence-electron chi connectivity index (χ3n) is 4.59. The SMILES string of the molecule is O=C(CCc1nc(-c2cc(Cl)cc(Cl)c2)no1)NCCNc1n[nH]c(=O)c2ccccc12. The van der Waals surface area contributed by atoms with Crippen LogP contribution in [-0.2, 0) is 11.2 Å². The molecule has 0 aliphatic heterocycles. The Morgan fingerprint density at radius 2 is 1.81 bits per heavy atom. The van der Waals surface area contributed by atoms with Crippen molar-refractivity contribution in [1.29, 1.82) is 0 Å². The third kappa shape index (κ3) is 5.24. The molecule has 11 heteroatoms. The van der Waals surface area contributed by atoms with Crippen LogP contribution in [0.1, 0.15) is 12.3 Å². The van der Waals surface area contributed by atoms with Crippen LogP contribution in [0.3, 0.4) is 0 Å². The zero-order valence-electron chi connectivity index (χ0n) is 16.7. The number of aryl methyl sites for hydroxylation is 1. The lowest BCUT2D eigenvalue weighted by molar-refractivity contribution is -0.121. The van der Waals surface area contributed by atoms with Crippen LogP contribution in [0.15, 0.2) is 51.8 Å². The molecule has 4 rings (SSSR count). The molecule has 164 valence electrons. The number of nitrogens with zero attached hydrogens (tertiary/aromatic N) is 3. The first-order chi connectivity index (χ1) is 15.5. The fourth-order valence-corrected chi connectivity index (χ4v) is 3.62. The molecule has 0 spiro atoms. The van der Waals surface area contributed by atoms with E-state index < -0.39 is 0 Å². The molecule has 0 aliphatic carbocycles. The molecule has 0 bridgehead atoms. The number of carbonyl (C=O) groups excluding carboxylic acids is 1. The summed E-state index contributed by atoms with van der Waals surface area (Å²) in [5, 5.41) is 18.5. The van der Waals surface area contributed by atoms with Crippen molar-refractivity contribution in [3.05, 3.63) is 68.8 Å². The predicted octanol–water partition coefficient (Wildman–Crippen LogP) is 3.44. The van der Waals surface area contributed by atoms with E-state index in [1.165, 1.54) is 0 Å². The van der Waals surface area contributed by atoms with Gasteiger partial charge in [-0.25, -0.2) is 5.10 Å². The van der Waals surface area contributed by atoms with Crippen molar-refractivity contribution >= 4 is 45.7 Å². The molecule has 0 saturated carbocycles. The van der Waals surface area contributed by atoms with E-state index >= 15 is 0 Å². The van der Waals surface area contributed by atoms with E-state index in [1.54, 1.807) is 30.3 Å². The number of benzene rings is 2. The van der Waals surface area contributed by atoms with Gasteiger partial charge in [0.1, 0.15) is 0 Å². The fourth-order valence-electron chi connectivity index (χ4n) is 3.10. The van der Waals surface area contributed by atoms with E-state index in [9.17, 15) is 9.59 Å². The number of amides is 1. The van der Waals surface area contributed by atoms with Crippen molar-refractivity contribution in [2.45, 2.75) is 12.8 Å². The summed E-state index contributed by atoms with van der Waals surface area (Å²) in [6.45, 7) is 0.819. The Morgan fingerprint density at radius 1 is 1.06 bits per heavy atom. The summed E-state index contributed by atoms with van der Waals surface area (Å²) in [7, 11) is 0. The number of anilines is 1. The third-order valence-corrected chi connectivity index (χ3v) is 5.03. The van der Waals surface area contributed by atoms with Crippen LogP contribution in [0.25, 0.3) is 22.2 Å². The average Bonchev–Trinajstić information content (AvgIpc) is 3.25. The molecule has 0 atom stereocenters. The van der Waals surface area contributed by atoms with Gasteiger partial charge in [-0.2, -0.15) is 10.1 Å². The number of nitrogens with one attached hydrogen (secondary N) is 3. The number of fused-ring (bicyclic) bond motifs is 1. The molecule has 3 N–H and O–H groups in total. The molecule has 0 saturated heterocycles. The standard InChI is InChI=1S/C21H18Cl2N6O3/c22-13-9-12(10-14(23)11-13)19-26-18(32-29-19)6-5-17(30)24-7-8-25-20-15-3-1-2-4-16(15)21(31)28-27-20/h1-4,9-11H,5-8H2,(H,24,30)(H,25,27)(H,28,31). The molecule has 9 nitrogen and oxygen atoms in total. The van der Waals surface area contributed by atoms with Crippen molar-refractivity contribution < 1.29 is 9.32 Å². The maximum atomic E-state index is 12.1. The smallest absolute Gasteiger partial charge is 0.272 e. The molecule has 2 aromatic carbocycles. The maximum absolute atomic E-state index is 12.1. The van der Waals surface area contributed by atoms with Gasteiger partial charge in [0.25, 0.3) is 5.56 Å². The number of aromatic amines is 1. The van der Waals surface area contributed by atoms with Gasteiger partial charge in [-0.15, -0.1) is 0 Å². The first kappa shape index (κ1) is 21.8. The number of rotatable bonds is 8. The van der Waals surface area contributed by atoms with E-state index in [1.807, 2.05) is 12.1 Å². The van der Waals surface area contributed by atoms with Crippen molar-refractivity contribution in [1.82, 2.24) is 25.7 Å². The topological polar surface area (TPSA) is 126 Å². The number of carbonyl (C=O) groups is 1. The van der Waals surface area contributed by atoms with Crippen LogP contribution < -0.4 is 16.2 Å². The Balaban J connectivity index is 1.25. The minimum atomic E-state index is -0.248. The number of halogens is 2. The minimum Gasteiger partial charge on any atom is -0.366 e. The second-order valence-corrected chi connectivity index (χ2v) is 7.77. The Hall–Kier alpha value is -3.43. The lowest BCUT2D eigenvalue weighted by Crippen LogP contribution is -2.29. The van der Waals surface area contributed by atoms with Crippen molar-refractivity contribution in [3.63, 3.8) is 0 Å². The van der Waals surface area contributed by atoms with Gasteiger partial charge in [0.15, 0.2) is 5.82 Å². The van der Waals surface area contributed by atoms with Crippen molar-refractivity contribution in [2.24, 2.45) is 0 Å². The summed E-state index contributed by atoms with van der Waals surface area (Å²) in [4.78, 5) is 28.2. The molecular weight excluding hydrogens is 455 g/mol. The Morgan fingerprint density at radius 3 is 2.59 bits per heavy atom. The molecule has 0 radical (unpaired) electrons. The zero-order chi connectivity index (χ0) is 22.5. The highest BCUT2D eigenvalue weighted by Crippen LogP contribution is 2.25. The normalized spacial score (nSPS) is 10.9. The molecule has 0 aliphatic rings. The predicted molar refractivity (Wildman–Crippen MR) is 122 cm³/mol. The second-order valence-electron chi connectivity index (χ2n) is 6.89. The van der Waals surface area contributed by atoms with Gasteiger partial charge in [0.2, 0.25) is 17.6 Å². The minimum absolute atomic E-state index is 0.156. The highest BCUT2D eigenvalue weighted by atomic mass is 35.5. The average molecular weight is 473 g/mol. The first-order valence-corrected chi connectivity index (χ1v) is 10.5. The summed E-state index contributed by atoms with van der Waals surface area (Å²) in [5.74, 6) is 1.09. The first-order valence-electron chi connectivity index (χ1n) is 9.76. The number of aromatic nitrogens is 4. The monoisotopic (exact) mass is 472 g/mol. The van der Waals surface area contributed by atoms with E-state index in [0.29, 0.717) is 58.0 Å². The summed E-state index contributed by atoms with van der Waals surface area (Å²) in [6.07, 6.45) is 0.491. The van der Waals surface area contributed by atoms with Crippen LogP contribution in [0.4, 0.5) is 5.82 Å². The van der Waals surface area contributed by atoms with Gasteiger partial charge in [-0.3, -0.25) is 9.59 Å². The number of H-pyrrole nitrogens is 1. The highest BCUT2D eigenvalue weighted by Gasteiger charge is 2.12. The van der Waals surface area contributed by atoms with Gasteiger partial charge < -0.3 is 15.2 Å². The largest absolute Gasteiger partial charge is 0.366 e. The second kappa shape index (κ2) is 9.80. The molecule has 0 fully saturated rings. The molecule has 2 heterocycles. The lowest BCUT2D eigenvalue weighted by Gasteiger charge is -2.08.